The van der Waals surface area contributed by atoms with Gasteiger partial charge in [-0.3, -0.25) is 0 Å². The van der Waals surface area contributed by atoms with Crippen LogP contribution in [0.15, 0.2) is 48.7 Å². The molecule has 3 aromatic rings. The molecule has 1 aromatic heterocycles. The number of nitrogens with one attached hydrogen (secondary N) is 1. The lowest BCUT2D eigenvalue weighted by Crippen LogP contribution is -2.27. The molecule has 0 radical (unpaired) electrons. The van der Waals surface area contributed by atoms with E-state index in [0.717, 1.165) is 24.3 Å². The van der Waals surface area contributed by atoms with Gasteiger partial charge >= 0.3 is 18.6 Å². The Labute approximate surface area is 186 Å². The Bertz CT molecular complexity index is 1190. The first kappa shape index (κ1) is 23.1. The summed E-state index contributed by atoms with van der Waals surface area (Å²) in [4.78, 5) is 12.1. The molecule has 8 nitrogen and oxygen atoms in total. The van der Waals surface area contributed by atoms with Crippen molar-refractivity contribution < 1.29 is 50.1 Å². The number of halogens is 6. The molecule has 0 atom stereocenters. The maximum absolute atomic E-state index is 13.7. The number of aromatic nitrogens is 2. The standard InChI is InChI=1S/C20H13F6N3O5/c21-19(22,23)17-16(9-28-29(17)12-2-4-13(5-3-12)34-20(24,25)26)33-18(30)27-8-11-1-6-14-15(7-11)32-10-31-14/h1-7,9H,8,10H2,(H,27,30). The monoisotopic (exact) mass is 489 g/mol. The summed E-state index contributed by atoms with van der Waals surface area (Å²) in [5, 5.41) is 5.88. The van der Waals surface area contributed by atoms with Crippen LogP contribution in [0.3, 0.4) is 0 Å². The van der Waals surface area contributed by atoms with Crippen molar-refractivity contribution in [3.05, 3.63) is 59.9 Å². The summed E-state index contributed by atoms with van der Waals surface area (Å²) in [5.74, 6) is -0.547. The molecule has 4 rings (SSSR count). The van der Waals surface area contributed by atoms with Gasteiger partial charge < -0.3 is 24.3 Å². The number of benzene rings is 2. The summed E-state index contributed by atoms with van der Waals surface area (Å²) in [5.41, 5.74) is -1.10. The van der Waals surface area contributed by atoms with Crippen LogP contribution in [-0.4, -0.2) is 29.0 Å². The Morgan fingerprint density at radius 2 is 1.74 bits per heavy atom. The van der Waals surface area contributed by atoms with E-state index in [2.05, 4.69) is 15.2 Å². The van der Waals surface area contributed by atoms with Gasteiger partial charge in [-0.05, 0) is 42.0 Å². The second-order valence-electron chi connectivity index (χ2n) is 6.74. The molecule has 0 saturated carbocycles. The van der Waals surface area contributed by atoms with Gasteiger partial charge in [-0.25, -0.2) is 9.48 Å². The van der Waals surface area contributed by atoms with Crippen LogP contribution >= 0.6 is 0 Å². The Morgan fingerprint density at radius 3 is 2.41 bits per heavy atom. The summed E-state index contributed by atoms with van der Waals surface area (Å²) in [6, 6.07) is 8.35. The first-order valence-corrected chi connectivity index (χ1v) is 9.35. The summed E-state index contributed by atoms with van der Waals surface area (Å²) >= 11 is 0. The van der Waals surface area contributed by atoms with Crippen molar-refractivity contribution in [2.45, 2.75) is 19.1 Å². The lowest BCUT2D eigenvalue weighted by Gasteiger charge is -2.14. The van der Waals surface area contributed by atoms with E-state index in [9.17, 15) is 31.1 Å². The number of nitrogens with zero attached hydrogens (tertiary/aromatic N) is 2. The zero-order valence-corrected chi connectivity index (χ0v) is 16.7. The molecule has 1 amide bonds. The molecule has 1 aliphatic heterocycles. The van der Waals surface area contributed by atoms with Gasteiger partial charge in [-0.1, -0.05) is 6.07 Å². The van der Waals surface area contributed by atoms with Gasteiger partial charge in [0.15, 0.2) is 22.9 Å². The predicted octanol–water partition coefficient (Wildman–Crippen LogP) is 4.81. The highest BCUT2D eigenvalue weighted by atomic mass is 19.4. The van der Waals surface area contributed by atoms with E-state index < -0.39 is 35.8 Å². The molecule has 2 heterocycles. The number of fused-ring (bicyclic) bond motifs is 1. The average molecular weight is 489 g/mol. The fourth-order valence-electron chi connectivity index (χ4n) is 3.01. The number of alkyl halides is 6. The summed E-state index contributed by atoms with van der Waals surface area (Å²) in [6.07, 6.45) is -10.5. The van der Waals surface area contributed by atoms with E-state index in [1.165, 1.54) is 0 Å². The van der Waals surface area contributed by atoms with Crippen LogP contribution in [-0.2, 0) is 12.7 Å². The third-order valence-corrected chi connectivity index (χ3v) is 4.40. The molecule has 2 aromatic carbocycles. The van der Waals surface area contributed by atoms with Gasteiger partial charge in [0, 0.05) is 6.54 Å². The minimum Gasteiger partial charge on any atom is -0.454 e. The topological polar surface area (TPSA) is 83.8 Å². The first-order valence-electron chi connectivity index (χ1n) is 9.35. The minimum atomic E-state index is -5.01. The number of hydrogen-bond acceptors (Lipinski definition) is 6. The van der Waals surface area contributed by atoms with Crippen molar-refractivity contribution in [3.8, 4) is 28.7 Å². The quantitative estimate of drug-likeness (QED) is 0.519. The number of hydrogen-bond donors (Lipinski definition) is 1. The van der Waals surface area contributed by atoms with Crippen molar-refractivity contribution in [1.29, 1.82) is 0 Å². The zero-order chi connectivity index (χ0) is 24.5. The second-order valence-corrected chi connectivity index (χ2v) is 6.74. The Morgan fingerprint density at radius 1 is 1.03 bits per heavy atom. The number of carbonyl (C=O) groups excluding carboxylic acids is 1. The Kier molecular flexibility index (Phi) is 5.89. The van der Waals surface area contributed by atoms with Crippen molar-refractivity contribution in [2.24, 2.45) is 0 Å². The zero-order valence-electron chi connectivity index (χ0n) is 16.7. The molecule has 0 saturated heterocycles. The molecule has 0 spiro atoms. The average Bonchev–Trinajstić information content (AvgIpc) is 3.38. The molecular weight excluding hydrogens is 476 g/mol. The van der Waals surface area contributed by atoms with Gasteiger partial charge in [0.1, 0.15) is 5.75 Å². The van der Waals surface area contributed by atoms with Crippen molar-refractivity contribution in [2.75, 3.05) is 6.79 Å². The normalized spacial score (nSPS) is 13.0. The van der Waals surface area contributed by atoms with E-state index >= 15 is 0 Å². The van der Waals surface area contributed by atoms with E-state index in [0.29, 0.717) is 27.9 Å². The van der Waals surface area contributed by atoms with Crippen LogP contribution in [0, 0.1) is 0 Å². The summed E-state index contributed by atoms with van der Waals surface area (Å²) in [7, 11) is 0. The molecule has 0 bridgehead atoms. The van der Waals surface area contributed by atoms with Crippen molar-refractivity contribution >= 4 is 6.09 Å². The number of ether oxygens (including phenoxy) is 4. The van der Waals surface area contributed by atoms with E-state index in [1.807, 2.05) is 0 Å². The van der Waals surface area contributed by atoms with Gasteiger partial charge in [0.05, 0.1) is 11.9 Å². The van der Waals surface area contributed by atoms with Crippen molar-refractivity contribution in [3.63, 3.8) is 0 Å². The van der Waals surface area contributed by atoms with Crippen LogP contribution in [0.25, 0.3) is 5.69 Å². The van der Waals surface area contributed by atoms with Crippen LogP contribution in [0.1, 0.15) is 11.3 Å². The molecular formula is C20H13F6N3O5. The lowest BCUT2D eigenvalue weighted by molar-refractivity contribution is -0.274. The van der Waals surface area contributed by atoms with Crippen LogP contribution in [0.4, 0.5) is 31.1 Å². The Balaban J connectivity index is 1.48. The first-order chi connectivity index (χ1) is 16.0. The third kappa shape index (κ3) is 5.27. The smallest absolute Gasteiger partial charge is 0.454 e. The highest BCUT2D eigenvalue weighted by Gasteiger charge is 2.40. The van der Waals surface area contributed by atoms with Crippen LogP contribution in [0.5, 0.6) is 23.0 Å². The van der Waals surface area contributed by atoms with Gasteiger partial charge in [0.25, 0.3) is 0 Å². The van der Waals surface area contributed by atoms with Crippen molar-refractivity contribution in [1.82, 2.24) is 15.1 Å². The number of amides is 1. The van der Waals surface area contributed by atoms with Gasteiger partial charge in [-0.2, -0.15) is 18.3 Å². The lowest BCUT2D eigenvalue weighted by atomic mass is 10.2. The number of rotatable bonds is 5. The van der Waals surface area contributed by atoms with E-state index in [-0.39, 0.29) is 19.0 Å². The molecule has 1 aliphatic rings. The fraction of sp³-hybridized carbons (Fsp3) is 0.200. The highest BCUT2D eigenvalue weighted by Crippen LogP contribution is 2.38. The molecule has 0 fully saturated rings. The van der Waals surface area contributed by atoms with Crippen LogP contribution < -0.4 is 24.3 Å². The SMILES string of the molecule is O=C(NCc1ccc2c(c1)OCO2)Oc1cnn(-c2ccc(OC(F)(F)F)cc2)c1C(F)(F)F. The van der Waals surface area contributed by atoms with E-state index in [4.69, 9.17) is 14.2 Å². The molecule has 0 unspecified atom stereocenters. The molecule has 34 heavy (non-hydrogen) atoms. The predicted molar refractivity (Wildman–Crippen MR) is 101 cm³/mol. The van der Waals surface area contributed by atoms with E-state index in [1.54, 1.807) is 18.2 Å². The van der Waals surface area contributed by atoms with Crippen LogP contribution in [0.2, 0.25) is 0 Å². The second kappa shape index (κ2) is 8.68. The summed E-state index contributed by atoms with van der Waals surface area (Å²) in [6.45, 7) is -0.0256. The largest absolute Gasteiger partial charge is 0.573 e. The third-order valence-electron chi connectivity index (χ3n) is 4.40. The molecule has 14 heteroatoms. The fourth-order valence-corrected chi connectivity index (χ4v) is 3.01. The maximum Gasteiger partial charge on any atom is 0.573 e. The number of carbonyl (C=O) groups is 1. The Hall–Kier alpha value is -4.10. The molecule has 1 N–H and O–H groups in total. The minimum absolute atomic E-state index is 0.0521. The summed E-state index contributed by atoms with van der Waals surface area (Å²) < 4.78 is 97.2. The molecule has 180 valence electrons. The molecule has 0 aliphatic carbocycles. The highest BCUT2D eigenvalue weighted by molar-refractivity contribution is 5.70. The maximum atomic E-state index is 13.7. The van der Waals surface area contributed by atoms with Gasteiger partial charge in [-0.15, -0.1) is 13.2 Å². The van der Waals surface area contributed by atoms with Gasteiger partial charge in [0.2, 0.25) is 6.79 Å².